The van der Waals surface area contributed by atoms with Gasteiger partial charge in [0.25, 0.3) is 5.92 Å². The molecule has 0 spiro atoms. The Morgan fingerprint density at radius 1 is 1.35 bits per heavy atom. The molecule has 0 amide bonds. The molecule has 0 aliphatic carbocycles. The molecular formula is C14H21F2NO2S. The van der Waals surface area contributed by atoms with Crippen LogP contribution >= 0.6 is 0 Å². The van der Waals surface area contributed by atoms with Crippen molar-refractivity contribution in [1.29, 1.82) is 0 Å². The summed E-state index contributed by atoms with van der Waals surface area (Å²) in [5.41, 5.74) is 0.405. The summed E-state index contributed by atoms with van der Waals surface area (Å²) in [7, 11) is -1.53. The van der Waals surface area contributed by atoms with Crippen LogP contribution in [0, 0.1) is 5.92 Å². The second-order valence-electron chi connectivity index (χ2n) is 5.31. The topological polar surface area (TPSA) is 63.3 Å². The van der Waals surface area contributed by atoms with Crippen LogP contribution in [-0.4, -0.2) is 21.2 Å². The van der Waals surface area contributed by atoms with Crippen LogP contribution in [0.3, 0.4) is 0 Å². The van der Waals surface area contributed by atoms with Crippen molar-refractivity contribution in [3.63, 3.8) is 0 Å². The zero-order chi connectivity index (χ0) is 15.5. The van der Waals surface area contributed by atoms with Crippen LogP contribution in [0.5, 0.6) is 0 Å². The molecule has 3 nitrogen and oxygen atoms in total. The Bertz CT molecular complexity index is 480. The van der Waals surface area contributed by atoms with E-state index in [4.69, 9.17) is 10.2 Å². The monoisotopic (exact) mass is 305 g/mol. The average molecular weight is 305 g/mol. The van der Waals surface area contributed by atoms with E-state index in [1.807, 2.05) is 20.8 Å². The first-order chi connectivity index (χ1) is 9.20. The lowest BCUT2D eigenvalue weighted by atomic mass is 9.89. The number of aliphatic hydroxyl groups is 1. The molecule has 1 rings (SSSR count). The van der Waals surface area contributed by atoms with Crippen LogP contribution in [0.2, 0.25) is 0 Å². The third-order valence-electron chi connectivity index (χ3n) is 3.45. The fourth-order valence-corrected chi connectivity index (χ4v) is 3.47. The van der Waals surface area contributed by atoms with E-state index < -0.39 is 23.5 Å². The van der Waals surface area contributed by atoms with Crippen molar-refractivity contribution < 1.29 is 18.1 Å². The molecule has 0 aromatic heterocycles. The average Bonchev–Trinajstić information content (AvgIpc) is 2.38. The molecule has 0 bridgehead atoms. The maximum atomic E-state index is 13.5. The normalized spacial score (nSPS) is 17.0. The molecule has 1 aromatic rings. The van der Waals surface area contributed by atoms with Gasteiger partial charge in [-0.1, -0.05) is 39.0 Å². The molecule has 3 atom stereocenters. The highest BCUT2D eigenvalue weighted by Crippen LogP contribution is 2.32. The molecule has 0 radical (unpaired) electrons. The molecule has 0 aliphatic rings. The second-order valence-corrected chi connectivity index (χ2v) is 6.52. The SMILES string of the molecule is CC(C)C([C@H](C)c1cccc(C(F)(F)CO)c1)S(N)=O. The number of benzene rings is 1. The van der Waals surface area contributed by atoms with Gasteiger partial charge in [-0.05, 0) is 23.5 Å². The first-order valence-electron chi connectivity index (χ1n) is 6.44. The maximum absolute atomic E-state index is 13.5. The molecule has 0 heterocycles. The Kier molecular flexibility index (Phi) is 5.79. The van der Waals surface area contributed by atoms with Gasteiger partial charge in [0.2, 0.25) is 0 Å². The van der Waals surface area contributed by atoms with Gasteiger partial charge in [-0.25, -0.2) is 4.21 Å². The minimum Gasteiger partial charge on any atom is -0.390 e. The molecule has 20 heavy (non-hydrogen) atoms. The number of nitrogens with two attached hydrogens (primary N) is 1. The number of hydrogen-bond donors (Lipinski definition) is 2. The summed E-state index contributed by atoms with van der Waals surface area (Å²) in [6.45, 7) is 4.39. The van der Waals surface area contributed by atoms with Gasteiger partial charge >= 0.3 is 0 Å². The Morgan fingerprint density at radius 3 is 2.40 bits per heavy atom. The van der Waals surface area contributed by atoms with Gasteiger partial charge in [0.15, 0.2) is 0 Å². The summed E-state index contributed by atoms with van der Waals surface area (Å²) in [4.78, 5) is 0. The highest BCUT2D eigenvalue weighted by molar-refractivity contribution is 7.83. The number of halogens is 2. The van der Waals surface area contributed by atoms with Crippen molar-refractivity contribution in [2.45, 2.75) is 37.9 Å². The van der Waals surface area contributed by atoms with Crippen LogP contribution in [0.1, 0.15) is 37.8 Å². The molecule has 0 fully saturated rings. The standard InChI is InChI=1S/C14H21F2NO2S/c1-9(2)13(20(17)19)10(3)11-5-4-6-12(7-11)14(15,16)8-18/h4-7,9-10,13,18H,8,17H2,1-3H3/t10-,13?,20?/m1/s1. The van der Waals surface area contributed by atoms with Gasteiger partial charge in [0.05, 0.1) is 16.2 Å². The lowest BCUT2D eigenvalue weighted by molar-refractivity contribution is -0.0556. The quantitative estimate of drug-likeness (QED) is 0.848. The minimum atomic E-state index is -3.27. The highest BCUT2D eigenvalue weighted by Gasteiger charge is 2.32. The predicted molar refractivity (Wildman–Crippen MR) is 76.8 cm³/mol. The lowest BCUT2D eigenvalue weighted by Gasteiger charge is -2.26. The zero-order valence-electron chi connectivity index (χ0n) is 11.8. The molecular weight excluding hydrogens is 284 g/mol. The van der Waals surface area contributed by atoms with Crippen LogP contribution in [0.15, 0.2) is 24.3 Å². The fourth-order valence-electron chi connectivity index (χ4n) is 2.38. The number of rotatable bonds is 6. The third kappa shape index (κ3) is 3.84. The van der Waals surface area contributed by atoms with Crippen molar-refractivity contribution in [1.82, 2.24) is 0 Å². The van der Waals surface area contributed by atoms with Crippen molar-refractivity contribution in [2.24, 2.45) is 11.1 Å². The Balaban J connectivity index is 3.14. The summed E-state index contributed by atoms with van der Waals surface area (Å²) in [5, 5.41) is 13.9. The van der Waals surface area contributed by atoms with Gasteiger partial charge in [-0.2, -0.15) is 8.78 Å². The van der Waals surface area contributed by atoms with E-state index >= 15 is 0 Å². The van der Waals surface area contributed by atoms with E-state index in [0.717, 1.165) is 0 Å². The second kappa shape index (κ2) is 6.74. The van der Waals surface area contributed by atoms with Crippen molar-refractivity contribution >= 4 is 11.0 Å². The first-order valence-corrected chi connectivity index (χ1v) is 7.72. The van der Waals surface area contributed by atoms with E-state index in [1.54, 1.807) is 6.07 Å². The van der Waals surface area contributed by atoms with Crippen LogP contribution in [-0.2, 0) is 16.9 Å². The van der Waals surface area contributed by atoms with Gasteiger partial charge in [0, 0.05) is 5.56 Å². The van der Waals surface area contributed by atoms with E-state index in [2.05, 4.69) is 0 Å². The van der Waals surface area contributed by atoms with Gasteiger partial charge < -0.3 is 5.11 Å². The summed E-state index contributed by atoms with van der Waals surface area (Å²) in [6, 6.07) is 5.85. The number of alkyl halides is 2. The third-order valence-corrected chi connectivity index (χ3v) is 4.94. The van der Waals surface area contributed by atoms with Crippen LogP contribution < -0.4 is 5.14 Å². The van der Waals surface area contributed by atoms with Crippen LogP contribution in [0.25, 0.3) is 0 Å². The van der Waals surface area contributed by atoms with E-state index in [0.29, 0.717) is 5.56 Å². The number of hydrogen-bond acceptors (Lipinski definition) is 2. The van der Waals surface area contributed by atoms with Crippen molar-refractivity contribution in [3.8, 4) is 0 Å². The van der Waals surface area contributed by atoms with Crippen molar-refractivity contribution in [2.75, 3.05) is 6.61 Å². The van der Waals surface area contributed by atoms with Gasteiger partial charge in [0.1, 0.15) is 6.61 Å². The van der Waals surface area contributed by atoms with E-state index in [-0.39, 0.29) is 22.6 Å². The van der Waals surface area contributed by atoms with Crippen molar-refractivity contribution in [3.05, 3.63) is 35.4 Å². The zero-order valence-corrected chi connectivity index (χ0v) is 12.7. The lowest BCUT2D eigenvalue weighted by Crippen LogP contribution is -2.32. The van der Waals surface area contributed by atoms with Gasteiger partial charge in [-0.3, -0.25) is 5.14 Å². The maximum Gasteiger partial charge on any atom is 0.295 e. The number of aliphatic hydroxyl groups excluding tert-OH is 1. The van der Waals surface area contributed by atoms with Crippen LogP contribution in [0.4, 0.5) is 8.78 Å². The molecule has 3 N–H and O–H groups in total. The Morgan fingerprint density at radius 2 is 1.95 bits per heavy atom. The highest BCUT2D eigenvalue weighted by atomic mass is 32.2. The van der Waals surface area contributed by atoms with Gasteiger partial charge in [-0.15, -0.1) is 0 Å². The predicted octanol–water partition coefficient (Wildman–Crippen LogP) is 2.52. The molecule has 2 unspecified atom stereocenters. The molecule has 0 saturated carbocycles. The molecule has 114 valence electrons. The molecule has 1 aromatic carbocycles. The Hall–Kier alpha value is -0.850. The smallest absolute Gasteiger partial charge is 0.295 e. The Labute approximate surface area is 120 Å². The van der Waals surface area contributed by atoms with E-state index in [1.165, 1.54) is 18.2 Å². The molecule has 6 heteroatoms. The summed E-state index contributed by atoms with van der Waals surface area (Å²) in [5.74, 6) is -3.42. The summed E-state index contributed by atoms with van der Waals surface area (Å²) in [6.07, 6.45) is 0. The molecule has 0 aliphatic heterocycles. The minimum absolute atomic E-state index is 0.0674. The largest absolute Gasteiger partial charge is 0.390 e. The first kappa shape index (κ1) is 17.2. The summed E-state index contributed by atoms with van der Waals surface area (Å²) < 4.78 is 38.7. The fraction of sp³-hybridized carbons (Fsp3) is 0.571. The van der Waals surface area contributed by atoms with E-state index in [9.17, 15) is 13.0 Å². The molecule has 0 saturated heterocycles. The summed E-state index contributed by atoms with van der Waals surface area (Å²) >= 11 is 0.